The summed E-state index contributed by atoms with van der Waals surface area (Å²) in [5.74, 6) is 5.11. The minimum atomic E-state index is -0.0532. The van der Waals surface area contributed by atoms with Gasteiger partial charge in [-0.2, -0.15) is 0 Å². The standard InChI is InChI=1S/C9H12BrNO/c1-6-8(7(2)12-11)4-3-5-9(6)10/h3-5,7H,11H2,1-2H3. The van der Waals surface area contributed by atoms with Crippen molar-refractivity contribution in [1.29, 1.82) is 0 Å². The first-order valence-electron chi connectivity index (χ1n) is 3.77. The summed E-state index contributed by atoms with van der Waals surface area (Å²) in [4.78, 5) is 4.75. The second kappa shape index (κ2) is 4.03. The minimum Gasteiger partial charge on any atom is -0.297 e. The summed E-state index contributed by atoms with van der Waals surface area (Å²) in [7, 11) is 0. The average Bonchev–Trinajstić information content (AvgIpc) is 2.08. The van der Waals surface area contributed by atoms with Gasteiger partial charge in [0.15, 0.2) is 0 Å². The second-order valence-electron chi connectivity index (χ2n) is 2.73. The van der Waals surface area contributed by atoms with Gasteiger partial charge in [-0.15, -0.1) is 0 Å². The molecule has 0 spiro atoms. The lowest BCUT2D eigenvalue weighted by Gasteiger charge is -2.12. The van der Waals surface area contributed by atoms with Crippen LogP contribution in [0.5, 0.6) is 0 Å². The Bertz CT molecular complexity index is 275. The molecule has 0 aromatic heterocycles. The number of rotatable bonds is 2. The quantitative estimate of drug-likeness (QED) is 0.792. The molecular formula is C9H12BrNO. The highest BCUT2D eigenvalue weighted by molar-refractivity contribution is 9.10. The molecule has 1 rings (SSSR count). The third-order valence-corrected chi connectivity index (χ3v) is 2.81. The van der Waals surface area contributed by atoms with Gasteiger partial charge in [-0.1, -0.05) is 28.1 Å². The zero-order valence-corrected chi connectivity index (χ0v) is 8.76. The molecule has 12 heavy (non-hydrogen) atoms. The SMILES string of the molecule is Cc1c(Br)cccc1C(C)ON. The van der Waals surface area contributed by atoms with E-state index in [-0.39, 0.29) is 6.10 Å². The van der Waals surface area contributed by atoms with Gasteiger partial charge in [-0.05, 0) is 31.0 Å². The van der Waals surface area contributed by atoms with Gasteiger partial charge in [0.05, 0.1) is 0 Å². The van der Waals surface area contributed by atoms with Crippen LogP contribution in [-0.4, -0.2) is 0 Å². The Kier molecular flexibility index (Phi) is 3.26. The van der Waals surface area contributed by atoms with Gasteiger partial charge in [0.2, 0.25) is 0 Å². The van der Waals surface area contributed by atoms with Crippen molar-refractivity contribution < 1.29 is 4.84 Å². The van der Waals surface area contributed by atoms with Crippen molar-refractivity contribution >= 4 is 15.9 Å². The van der Waals surface area contributed by atoms with Crippen molar-refractivity contribution in [2.24, 2.45) is 5.90 Å². The number of hydrogen-bond donors (Lipinski definition) is 1. The number of nitrogens with two attached hydrogens (primary N) is 1. The van der Waals surface area contributed by atoms with E-state index in [1.807, 2.05) is 32.0 Å². The first kappa shape index (κ1) is 9.71. The molecule has 1 aromatic carbocycles. The number of halogens is 1. The highest BCUT2D eigenvalue weighted by atomic mass is 79.9. The fourth-order valence-corrected chi connectivity index (χ4v) is 1.52. The molecule has 0 aliphatic rings. The van der Waals surface area contributed by atoms with Crippen molar-refractivity contribution in [2.45, 2.75) is 20.0 Å². The van der Waals surface area contributed by atoms with E-state index in [1.165, 1.54) is 5.56 Å². The van der Waals surface area contributed by atoms with Gasteiger partial charge in [0.1, 0.15) is 6.10 Å². The van der Waals surface area contributed by atoms with Crippen molar-refractivity contribution in [1.82, 2.24) is 0 Å². The van der Waals surface area contributed by atoms with Crippen LogP contribution >= 0.6 is 15.9 Å². The maximum absolute atomic E-state index is 5.11. The maximum Gasteiger partial charge on any atom is 0.101 e. The smallest absolute Gasteiger partial charge is 0.101 e. The Balaban J connectivity index is 3.07. The van der Waals surface area contributed by atoms with Gasteiger partial charge in [0, 0.05) is 4.47 Å². The molecule has 2 nitrogen and oxygen atoms in total. The van der Waals surface area contributed by atoms with E-state index < -0.39 is 0 Å². The molecule has 0 amide bonds. The molecule has 0 aliphatic carbocycles. The van der Waals surface area contributed by atoms with Crippen molar-refractivity contribution in [2.75, 3.05) is 0 Å². The molecule has 0 bridgehead atoms. The Hall–Kier alpha value is -0.380. The summed E-state index contributed by atoms with van der Waals surface area (Å²) in [5.41, 5.74) is 2.29. The summed E-state index contributed by atoms with van der Waals surface area (Å²) in [6.45, 7) is 3.96. The molecule has 1 atom stereocenters. The lowest BCUT2D eigenvalue weighted by Crippen LogP contribution is -2.06. The van der Waals surface area contributed by atoms with E-state index in [0.717, 1.165) is 10.0 Å². The largest absolute Gasteiger partial charge is 0.297 e. The fraction of sp³-hybridized carbons (Fsp3) is 0.333. The molecule has 0 fully saturated rings. The summed E-state index contributed by atoms with van der Waals surface area (Å²) in [5, 5.41) is 0. The van der Waals surface area contributed by atoms with Crippen LogP contribution in [0.3, 0.4) is 0 Å². The third-order valence-electron chi connectivity index (χ3n) is 1.95. The lowest BCUT2D eigenvalue weighted by atomic mass is 10.1. The molecule has 3 heteroatoms. The second-order valence-corrected chi connectivity index (χ2v) is 3.59. The maximum atomic E-state index is 5.11. The van der Waals surface area contributed by atoms with Crippen LogP contribution in [0.1, 0.15) is 24.2 Å². The molecule has 1 aromatic rings. The molecule has 1 unspecified atom stereocenters. The number of benzene rings is 1. The van der Waals surface area contributed by atoms with E-state index in [0.29, 0.717) is 0 Å². The zero-order chi connectivity index (χ0) is 9.14. The molecule has 0 saturated heterocycles. The van der Waals surface area contributed by atoms with Gasteiger partial charge in [-0.25, -0.2) is 5.90 Å². The van der Waals surface area contributed by atoms with Crippen LogP contribution in [0.15, 0.2) is 22.7 Å². The first-order valence-corrected chi connectivity index (χ1v) is 4.56. The Morgan fingerprint density at radius 1 is 1.50 bits per heavy atom. The Morgan fingerprint density at radius 3 is 2.75 bits per heavy atom. The molecule has 0 heterocycles. The normalized spacial score (nSPS) is 13.0. The summed E-state index contributed by atoms with van der Waals surface area (Å²) < 4.78 is 1.09. The molecular weight excluding hydrogens is 218 g/mol. The van der Waals surface area contributed by atoms with Crippen molar-refractivity contribution in [3.8, 4) is 0 Å². The Labute approximate surface area is 80.8 Å². The molecule has 0 aliphatic heterocycles. The van der Waals surface area contributed by atoms with E-state index in [2.05, 4.69) is 15.9 Å². The number of hydrogen-bond acceptors (Lipinski definition) is 2. The predicted octanol–water partition coefficient (Wildman–Crippen LogP) is 2.71. The van der Waals surface area contributed by atoms with Gasteiger partial charge in [-0.3, -0.25) is 4.84 Å². The van der Waals surface area contributed by atoms with Crippen molar-refractivity contribution in [3.63, 3.8) is 0 Å². The predicted molar refractivity (Wildman–Crippen MR) is 52.6 cm³/mol. The van der Waals surface area contributed by atoms with E-state index in [9.17, 15) is 0 Å². The monoisotopic (exact) mass is 229 g/mol. The topological polar surface area (TPSA) is 35.2 Å². The average molecular weight is 230 g/mol. The van der Waals surface area contributed by atoms with Crippen LogP contribution < -0.4 is 5.90 Å². The van der Waals surface area contributed by atoms with Gasteiger partial charge < -0.3 is 0 Å². The highest BCUT2D eigenvalue weighted by Crippen LogP contribution is 2.25. The highest BCUT2D eigenvalue weighted by Gasteiger charge is 2.08. The van der Waals surface area contributed by atoms with Gasteiger partial charge in [0.25, 0.3) is 0 Å². The van der Waals surface area contributed by atoms with Crippen LogP contribution in [0.2, 0.25) is 0 Å². The van der Waals surface area contributed by atoms with E-state index >= 15 is 0 Å². The lowest BCUT2D eigenvalue weighted by molar-refractivity contribution is 0.0659. The zero-order valence-electron chi connectivity index (χ0n) is 7.17. The fourth-order valence-electron chi connectivity index (χ4n) is 1.14. The summed E-state index contributed by atoms with van der Waals surface area (Å²) in [6.07, 6.45) is -0.0532. The molecule has 2 N–H and O–H groups in total. The van der Waals surface area contributed by atoms with Crippen molar-refractivity contribution in [3.05, 3.63) is 33.8 Å². The Morgan fingerprint density at radius 2 is 2.17 bits per heavy atom. The van der Waals surface area contributed by atoms with Crippen LogP contribution in [0.25, 0.3) is 0 Å². The van der Waals surface area contributed by atoms with E-state index in [4.69, 9.17) is 10.7 Å². The third kappa shape index (κ3) is 1.86. The summed E-state index contributed by atoms with van der Waals surface area (Å²) in [6, 6.07) is 5.99. The van der Waals surface area contributed by atoms with E-state index in [1.54, 1.807) is 0 Å². The van der Waals surface area contributed by atoms with Crippen LogP contribution in [0.4, 0.5) is 0 Å². The molecule has 66 valence electrons. The summed E-state index contributed by atoms with van der Waals surface area (Å²) >= 11 is 3.45. The first-order chi connectivity index (χ1) is 5.66. The van der Waals surface area contributed by atoms with Crippen LogP contribution in [-0.2, 0) is 4.84 Å². The van der Waals surface area contributed by atoms with Crippen LogP contribution in [0, 0.1) is 6.92 Å². The molecule has 0 saturated carbocycles. The van der Waals surface area contributed by atoms with Gasteiger partial charge >= 0.3 is 0 Å². The molecule has 0 radical (unpaired) electrons. The minimum absolute atomic E-state index is 0.0532.